The Morgan fingerprint density at radius 2 is 1.35 bits per heavy atom. The van der Waals surface area contributed by atoms with E-state index in [1.807, 2.05) is 12.2 Å². The van der Waals surface area contributed by atoms with Crippen molar-refractivity contribution < 1.29 is 51.4 Å². The van der Waals surface area contributed by atoms with Gasteiger partial charge in [-0.25, -0.2) is 9.62 Å². The minimum atomic E-state index is -6.02. The van der Waals surface area contributed by atoms with Gasteiger partial charge in [0.2, 0.25) is 0 Å². The predicted octanol–water partition coefficient (Wildman–Crippen LogP) is 6.03. The summed E-state index contributed by atoms with van der Waals surface area (Å²) in [5, 5.41) is 30.1. The summed E-state index contributed by atoms with van der Waals surface area (Å²) >= 11 is 0. The van der Waals surface area contributed by atoms with Gasteiger partial charge >= 0.3 is 18.1 Å². The van der Waals surface area contributed by atoms with Gasteiger partial charge in [0.15, 0.2) is 6.10 Å². The lowest BCUT2D eigenvalue weighted by molar-refractivity contribution is -0.611. The normalized spacial score (nSPS) is 29.0. The third-order valence-electron chi connectivity index (χ3n) is 8.84. The standard InChI is InChI=1S/C26H35F6O5/c27-24(28,23(34)36-35)26(31,32)37-25(29,30)22(33)21-19(16-9-3-4-10-16)13-18(15-7-1-2-8-15)14-20(21)17-11-5-6-12-17/h13-17,19,21-23,33,35H,1-12H2/q-1. The summed E-state index contributed by atoms with van der Waals surface area (Å²) in [6, 6.07) is 0. The summed E-state index contributed by atoms with van der Waals surface area (Å²) in [4.78, 5) is 2.73. The van der Waals surface area contributed by atoms with Crippen LogP contribution >= 0.6 is 0 Å². The molecular weight excluding hydrogens is 506 g/mol. The summed E-state index contributed by atoms with van der Waals surface area (Å²) in [7, 11) is 0. The number of halogens is 6. The number of rotatable bonds is 10. The first-order valence-corrected chi connectivity index (χ1v) is 13.3. The molecule has 0 aromatic carbocycles. The van der Waals surface area contributed by atoms with E-state index in [2.05, 4.69) is 9.62 Å². The topological polar surface area (TPSA) is 82.0 Å². The molecule has 3 fully saturated rings. The summed E-state index contributed by atoms with van der Waals surface area (Å²) < 4.78 is 89.5. The van der Waals surface area contributed by atoms with E-state index in [1.54, 1.807) is 0 Å². The molecule has 0 radical (unpaired) electrons. The third kappa shape index (κ3) is 5.76. The fourth-order valence-electron chi connectivity index (χ4n) is 6.92. The van der Waals surface area contributed by atoms with Crippen molar-refractivity contribution in [2.24, 2.45) is 29.6 Å². The van der Waals surface area contributed by atoms with Crippen LogP contribution in [0, 0.1) is 29.6 Å². The number of aliphatic hydroxyl groups is 1. The van der Waals surface area contributed by atoms with Crippen molar-refractivity contribution in [3.8, 4) is 0 Å². The minimum Gasteiger partial charge on any atom is -0.824 e. The lowest BCUT2D eigenvalue weighted by Gasteiger charge is -2.43. The molecular formula is C26H35F6O5-. The quantitative estimate of drug-likeness (QED) is 0.153. The molecule has 4 atom stereocenters. The molecule has 37 heavy (non-hydrogen) atoms. The molecule has 0 aromatic rings. The zero-order valence-corrected chi connectivity index (χ0v) is 20.6. The van der Waals surface area contributed by atoms with E-state index in [0.29, 0.717) is 18.4 Å². The van der Waals surface area contributed by atoms with Gasteiger partial charge < -0.3 is 10.2 Å². The smallest absolute Gasteiger partial charge is 0.425 e. The first kappa shape index (κ1) is 28.9. The molecule has 0 aromatic heterocycles. The molecule has 0 heterocycles. The Bertz CT molecular complexity index is 844. The highest BCUT2D eigenvalue weighted by Crippen LogP contribution is 2.53. The SMILES string of the molecule is [O-]C(OO)C(F)(F)C(F)(F)OC(F)(F)C(O)C1C(C2CCCC2)=CC(C2CCCC2)=CC1C1CCCC1. The highest BCUT2D eigenvalue weighted by Gasteiger charge is 2.66. The first-order valence-electron chi connectivity index (χ1n) is 13.3. The van der Waals surface area contributed by atoms with Gasteiger partial charge in [-0.15, -0.1) is 0 Å². The highest BCUT2D eigenvalue weighted by molar-refractivity contribution is 5.37. The van der Waals surface area contributed by atoms with Gasteiger partial charge in [-0.1, -0.05) is 56.3 Å². The van der Waals surface area contributed by atoms with E-state index >= 15 is 8.78 Å². The molecule has 3 saturated carbocycles. The van der Waals surface area contributed by atoms with Crippen LogP contribution in [0.3, 0.4) is 0 Å². The van der Waals surface area contributed by atoms with Crippen LogP contribution in [0.1, 0.15) is 77.0 Å². The Kier molecular flexibility index (Phi) is 8.70. The van der Waals surface area contributed by atoms with Crippen LogP contribution in [-0.4, -0.2) is 40.9 Å². The number of ether oxygens (including phenoxy) is 1. The molecule has 5 nitrogen and oxygen atoms in total. The molecule has 4 aliphatic carbocycles. The lowest BCUT2D eigenvalue weighted by atomic mass is 9.65. The van der Waals surface area contributed by atoms with Crippen LogP contribution in [0.25, 0.3) is 0 Å². The van der Waals surface area contributed by atoms with Gasteiger partial charge in [-0.2, -0.15) is 26.3 Å². The van der Waals surface area contributed by atoms with E-state index in [1.165, 1.54) is 0 Å². The second-order valence-corrected chi connectivity index (χ2v) is 11.1. The summed E-state index contributed by atoms with van der Waals surface area (Å²) in [5.74, 6) is -7.63. The number of hydrogen-bond acceptors (Lipinski definition) is 5. The van der Waals surface area contributed by atoms with Crippen molar-refractivity contribution in [2.75, 3.05) is 0 Å². The number of allylic oxidation sites excluding steroid dienone is 3. The summed E-state index contributed by atoms with van der Waals surface area (Å²) in [6.45, 7) is 0. The Balaban J connectivity index is 1.69. The van der Waals surface area contributed by atoms with Crippen LogP contribution < -0.4 is 5.11 Å². The van der Waals surface area contributed by atoms with E-state index in [-0.39, 0.29) is 17.8 Å². The summed E-state index contributed by atoms with van der Waals surface area (Å²) in [6.07, 6.45) is -3.90. The third-order valence-corrected chi connectivity index (χ3v) is 8.84. The van der Waals surface area contributed by atoms with Gasteiger partial charge in [0.1, 0.15) is 0 Å². The van der Waals surface area contributed by atoms with Crippen LogP contribution in [0.5, 0.6) is 0 Å². The van der Waals surface area contributed by atoms with E-state index in [4.69, 9.17) is 5.26 Å². The van der Waals surface area contributed by atoms with Crippen molar-refractivity contribution in [3.05, 3.63) is 23.3 Å². The number of hydrogen-bond donors (Lipinski definition) is 2. The molecule has 0 spiro atoms. The largest absolute Gasteiger partial charge is 0.824 e. The second kappa shape index (κ2) is 11.2. The van der Waals surface area contributed by atoms with Crippen molar-refractivity contribution >= 4 is 0 Å². The Morgan fingerprint density at radius 1 is 0.838 bits per heavy atom. The molecule has 0 bridgehead atoms. The highest BCUT2D eigenvalue weighted by atomic mass is 19.3. The number of aliphatic hydroxyl groups excluding tert-OH is 1. The van der Waals surface area contributed by atoms with Gasteiger partial charge in [0, 0.05) is 5.92 Å². The summed E-state index contributed by atoms with van der Waals surface area (Å²) in [5.41, 5.74) is 1.60. The molecule has 4 rings (SSSR count). The van der Waals surface area contributed by atoms with Crippen LogP contribution in [0.2, 0.25) is 0 Å². The molecule has 11 heteroatoms. The maximum atomic E-state index is 15.2. The van der Waals surface area contributed by atoms with Gasteiger partial charge in [0.25, 0.3) is 0 Å². The predicted molar refractivity (Wildman–Crippen MR) is 118 cm³/mol. The molecule has 4 unspecified atom stereocenters. The molecule has 0 amide bonds. The monoisotopic (exact) mass is 541 g/mol. The fraction of sp³-hybridized carbons (Fsp3) is 0.846. The van der Waals surface area contributed by atoms with Crippen LogP contribution in [-0.2, 0) is 9.62 Å². The van der Waals surface area contributed by atoms with Crippen molar-refractivity contribution in [1.29, 1.82) is 0 Å². The van der Waals surface area contributed by atoms with Gasteiger partial charge in [-0.05, 0) is 67.8 Å². The Hall–Kier alpha value is -1.14. The average Bonchev–Trinajstić information content (AvgIpc) is 3.64. The zero-order chi connectivity index (χ0) is 27.0. The Labute approximate surface area is 212 Å². The van der Waals surface area contributed by atoms with Crippen molar-refractivity contribution in [1.82, 2.24) is 0 Å². The molecule has 212 valence electrons. The minimum absolute atomic E-state index is 0.0623. The molecule has 0 aliphatic heterocycles. The molecule has 2 N–H and O–H groups in total. The van der Waals surface area contributed by atoms with Gasteiger partial charge in [-0.3, -0.25) is 5.26 Å². The number of alkyl halides is 6. The second-order valence-electron chi connectivity index (χ2n) is 11.1. The lowest BCUT2D eigenvalue weighted by Crippen LogP contribution is -2.61. The average molecular weight is 542 g/mol. The first-order chi connectivity index (χ1) is 17.4. The fourth-order valence-corrected chi connectivity index (χ4v) is 6.92. The van der Waals surface area contributed by atoms with Gasteiger partial charge in [0.05, 0.1) is 6.29 Å². The van der Waals surface area contributed by atoms with E-state index in [0.717, 1.165) is 69.8 Å². The van der Waals surface area contributed by atoms with Crippen molar-refractivity contribution in [2.45, 2.75) is 108 Å². The van der Waals surface area contributed by atoms with Crippen LogP contribution in [0.15, 0.2) is 23.3 Å². The van der Waals surface area contributed by atoms with E-state index in [9.17, 15) is 27.8 Å². The van der Waals surface area contributed by atoms with Crippen LogP contribution in [0.4, 0.5) is 26.3 Å². The molecule has 4 aliphatic rings. The maximum Gasteiger partial charge on any atom is 0.425 e. The van der Waals surface area contributed by atoms with E-state index < -0.39 is 42.4 Å². The van der Waals surface area contributed by atoms with Crippen molar-refractivity contribution in [3.63, 3.8) is 0 Å². The molecule has 0 saturated heterocycles. The maximum absolute atomic E-state index is 15.2. The zero-order valence-electron chi connectivity index (χ0n) is 20.6. The Morgan fingerprint density at radius 3 is 1.89 bits per heavy atom.